The first-order valence-electron chi connectivity index (χ1n) is 6.29. The summed E-state index contributed by atoms with van der Waals surface area (Å²) in [7, 11) is 0. The van der Waals surface area contributed by atoms with E-state index in [1.54, 1.807) is 12.3 Å². The van der Waals surface area contributed by atoms with Gasteiger partial charge in [0.05, 0.1) is 28.8 Å². The Hall–Kier alpha value is -2.95. The van der Waals surface area contributed by atoms with Crippen LogP contribution in [0, 0.1) is 0 Å². The Morgan fingerprint density at radius 2 is 1.95 bits per heavy atom. The van der Waals surface area contributed by atoms with Crippen LogP contribution in [0.25, 0.3) is 0 Å². The highest BCUT2D eigenvalue weighted by Gasteiger charge is 2.27. The second kappa shape index (κ2) is 3.77. The van der Waals surface area contributed by atoms with Gasteiger partial charge in [0.25, 0.3) is 0 Å². The molecule has 20 heavy (non-hydrogen) atoms. The number of nitrogens with two attached hydrogens (primary N) is 1. The number of hydrogen-bond donors (Lipinski definition) is 2. The molecule has 0 unspecified atom stereocenters. The molecule has 1 amide bonds. The molecule has 0 bridgehead atoms. The number of nitrogens with zero attached hydrogens (tertiary/aromatic N) is 2. The van der Waals surface area contributed by atoms with Crippen molar-refractivity contribution >= 4 is 17.3 Å². The lowest BCUT2D eigenvalue weighted by Gasteiger charge is -2.30. The predicted molar refractivity (Wildman–Crippen MR) is 77.0 cm³/mol. The van der Waals surface area contributed by atoms with Crippen molar-refractivity contribution in [3.63, 3.8) is 0 Å². The Kier molecular flexibility index (Phi) is 2.06. The quantitative estimate of drug-likeness (QED) is 0.812. The van der Waals surface area contributed by atoms with Gasteiger partial charge in [0.1, 0.15) is 5.82 Å². The number of para-hydroxylation sites is 2. The van der Waals surface area contributed by atoms with E-state index in [9.17, 15) is 4.79 Å². The number of fused-ring (bicyclic) bond motifs is 4. The molecule has 1 aromatic rings. The highest BCUT2D eigenvalue weighted by atomic mass is 16.1. The number of carbonyl (C=O) groups is 1. The molecule has 5 heteroatoms. The Morgan fingerprint density at radius 3 is 2.80 bits per heavy atom. The summed E-state index contributed by atoms with van der Waals surface area (Å²) in [6, 6.07) is 8.10. The number of anilines is 2. The molecule has 0 fully saturated rings. The summed E-state index contributed by atoms with van der Waals surface area (Å²) < 4.78 is 0. The fraction of sp³-hybridized carbons (Fsp3) is 0. The maximum Gasteiger partial charge on any atom is 0.250 e. The first kappa shape index (κ1) is 10.9. The molecule has 0 atom stereocenters. The van der Waals surface area contributed by atoms with Crippen LogP contribution in [0.5, 0.6) is 0 Å². The van der Waals surface area contributed by atoms with Crippen molar-refractivity contribution in [2.45, 2.75) is 0 Å². The number of hydrogen-bond acceptors (Lipinski definition) is 4. The summed E-state index contributed by atoms with van der Waals surface area (Å²) in [5.74, 6) is 0.522. The molecule has 0 saturated heterocycles. The molecule has 3 N–H and O–H groups in total. The van der Waals surface area contributed by atoms with E-state index < -0.39 is 5.91 Å². The third-order valence-electron chi connectivity index (χ3n) is 3.50. The second-order valence-corrected chi connectivity index (χ2v) is 4.77. The van der Waals surface area contributed by atoms with Crippen LogP contribution >= 0.6 is 0 Å². The average molecular weight is 264 g/mol. The third kappa shape index (κ3) is 1.46. The molecule has 98 valence electrons. The van der Waals surface area contributed by atoms with Crippen molar-refractivity contribution in [3.8, 4) is 0 Å². The van der Waals surface area contributed by atoms with Crippen molar-refractivity contribution < 1.29 is 4.79 Å². The number of benzene rings is 1. The lowest BCUT2D eigenvalue weighted by Crippen LogP contribution is -2.28. The van der Waals surface area contributed by atoms with Gasteiger partial charge in [-0.25, -0.2) is 0 Å². The molecule has 0 saturated carbocycles. The molecule has 0 aromatic heterocycles. The van der Waals surface area contributed by atoms with Crippen LogP contribution in [0.2, 0.25) is 0 Å². The number of nitrogens with one attached hydrogen (secondary N) is 1. The van der Waals surface area contributed by atoms with Crippen molar-refractivity contribution in [3.05, 3.63) is 72.1 Å². The highest BCUT2D eigenvalue weighted by Crippen LogP contribution is 2.39. The molecule has 0 radical (unpaired) electrons. The smallest absolute Gasteiger partial charge is 0.250 e. The van der Waals surface area contributed by atoms with Crippen LogP contribution < -0.4 is 16.0 Å². The van der Waals surface area contributed by atoms with Gasteiger partial charge in [-0.2, -0.15) is 0 Å². The minimum atomic E-state index is -0.427. The van der Waals surface area contributed by atoms with E-state index in [4.69, 9.17) is 5.73 Å². The number of primary amides is 1. The largest absolute Gasteiger partial charge is 0.366 e. The van der Waals surface area contributed by atoms with Crippen molar-refractivity contribution in [1.29, 1.82) is 0 Å². The van der Waals surface area contributed by atoms with E-state index in [2.05, 4.69) is 16.3 Å². The number of carbonyl (C=O) groups excluding carboxylic acids is 1. The molecular weight excluding hydrogens is 252 g/mol. The van der Waals surface area contributed by atoms with Gasteiger partial charge in [-0.1, -0.05) is 12.1 Å². The van der Waals surface area contributed by atoms with Gasteiger partial charge in [0.15, 0.2) is 0 Å². The Labute approximate surface area is 116 Å². The van der Waals surface area contributed by atoms with E-state index in [0.29, 0.717) is 5.57 Å². The van der Waals surface area contributed by atoms with Crippen LogP contribution in [-0.4, -0.2) is 10.8 Å². The van der Waals surface area contributed by atoms with Crippen LogP contribution in [0.4, 0.5) is 11.4 Å². The summed E-state index contributed by atoms with van der Waals surface area (Å²) in [5, 5.41) is 3.34. The maximum absolute atomic E-state index is 11.2. The zero-order chi connectivity index (χ0) is 13.7. The first-order valence-corrected chi connectivity index (χ1v) is 6.29. The molecule has 4 rings (SSSR count). The zero-order valence-corrected chi connectivity index (χ0v) is 10.6. The SMILES string of the molecule is NC(=O)C1=CN2C=C3Nc4ccccc4N3C=C2C=C1. The molecule has 0 spiro atoms. The van der Waals surface area contributed by atoms with Crippen LogP contribution in [0.3, 0.4) is 0 Å². The van der Waals surface area contributed by atoms with Crippen molar-refractivity contribution in [1.82, 2.24) is 4.90 Å². The van der Waals surface area contributed by atoms with Crippen LogP contribution in [0.1, 0.15) is 0 Å². The summed E-state index contributed by atoms with van der Waals surface area (Å²) in [5.41, 5.74) is 8.97. The summed E-state index contributed by atoms with van der Waals surface area (Å²) in [4.78, 5) is 15.2. The number of allylic oxidation sites excluding steroid dienone is 1. The molecule has 3 aliphatic rings. The van der Waals surface area contributed by atoms with Crippen molar-refractivity contribution in [2.24, 2.45) is 5.73 Å². The minimum Gasteiger partial charge on any atom is -0.366 e. The molecule has 5 nitrogen and oxygen atoms in total. The van der Waals surface area contributed by atoms with Gasteiger partial charge in [-0.15, -0.1) is 0 Å². The minimum absolute atomic E-state index is 0.427. The van der Waals surface area contributed by atoms with E-state index in [0.717, 1.165) is 22.9 Å². The van der Waals surface area contributed by atoms with Gasteiger partial charge < -0.3 is 16.0 Å². The molecule has 0 aliphatic carbocycles. The lowest BCUT2D eigenvalue weighted by atomic mass is 10.1. The van der Waals surface area contributed by atoms with E-state index >= 15 is 0 Å². The number of rotatable bonds is 1. The van der Waals surface area contributed by atoms with Gasteiger partial charge in [-0.05, 0) is 24.3 Å². The van der Waals surface area contributed by atoms with Crippen LogP contribution in [0.15, 0.2) is 72.1 Å². The monoisotopic (exact) mass is 264 g/mol. The Bertz CT molecular complexity index is 742. The normalized spacial score (nSPS) is 18.3. The molecule has 3 heterocycles. The molecule has 1 aromatic carbocycles. The molecular formula is C15H12N4O. The summed E-state index contributed by atoms with van der Waals surface area (Å²) >= 11 is 0. The van der Waals surface area contributed by atoms with E-state index in [1.807, 2.05) is 41.6 Å². The topological polar surface area (TPSA) is 61.6 Å². The fourth-order valence-electron chi connectivity index (χ4n) is 2.51. The Morgan fingerprint density at radius 1 is 1.10 bits per heavy atom. The van der Waals surface area contributed by atoms with E-state index in [1.165, 1.54) is 0 Å². The number of amides is 1. The van der Waals surface area contributed by atoms with Gasteiger partial charge in [-0.3, -0.25) is 9.69 Å². The van der Waals surface area contributed by atoms with Gasteiger partial charge >= 0.3 is 0 Å². The predicted octanol–water partition coefficient (Wildman–Crippen LogP) is 1.81. The Balaban J connectivity index is 1.77. The van der Waals surface area contributed by atoms with E-state index in [-0.39, 0.29) is 0 Å². The summed E-state index contributed by atoms with van der Waals surface area (Å²) in [6.45, 7) is 0. The standard InChI is InChI=1S/C15H12N4O/c16-15(20)10-5-6-11-8-19-13-4-2-1-3-12(13)17-14(19)9-18(11)7-10/h1-9,17H,(H2,16,20). The lowest BCUT2D eigenvalue weighted by molar-refractivity contribution is -0.114. The van der Waals surface area contributed by atoms with Gasteiger partial charge in [0, 0.05) is 12.4 Å². The van der Waals surface area contributed by atoms with Crippen molar-refractivity contribution in [2.75, 3.05) is 10.2 Å². The third-order valence-corrected chi connectivity index (χ3v) is 3.50. The highest BCUT2D eigenvalue weighted by molar-refractivity contribution is 5.95. The first-order chi connectivity index (χ1) is 9.72. The van der Waals surface area contributed by atoms with Gasteiger partial charge in [0.2, 0.25) is 5.91 Å². The zero-order valence-electron chi connectivity index (χ0n) is 10.6. The molecule has 3 aliphatic heterocycles. The fourth-order valence-corrected chi connectivity index (χ4v) is 2.51. The van der Waals surface area contributed by atoms with Crippen LogP contribution in [-0.2, 0) is 4.79 Å². The average Bonchev–Trinajstić information content (AvgIpc) is 2.81. The maximum atomic E-state index is 11.2. The summed E-state index contributed by atoms with van der Waals surface area (Å²) in [6.07, 6.45) is 9.33. The second-order valence-electron chi connectivity index (χ2n) is 4.77.